The van der Waals surface area contributed by atoms with Crippen LogP contribution in [-0.2, 0) is 16.1 Å². The van der Waals surface area contributed by atoms with Crippen LogP contribution in [-0.4, -0.2) is 55.1 Å². The summed E-state index contributed by atoms with van der Waals surface area (Å²) >= 11 is 0. The molecule has 3 heterocycles. The Balaban J connectivity index is 1.31. The van der Waals surface area contributed by atoms with E-state index in [2.05, 4.69) is 10.1 Å². The van der Waals surface area contributed by atoms with Crippen molar-refractivity contribution in [3.8, 4) is 0 Å². The number of carbonyl (C=O) groups is 3. The van der Waals surface area contributed by atoms with E-state index in [1.807, 2.05) is 0 Å². The van der Waals surface area contributed by atoms with Crippen molar-refractivity contribution < 1.29 is 23.2 Å². The fourth-order valence-electron chi connectivity index (χ4n) is 5.44. The number of hydrogen-bond donors (Lipinski definition) is 0. The molecule has 32 heavy (non-hydrogen) atoms. The number of likely N-dealkylation sites (tertiary alicyclic amines) is 1. The standard InChI is InChI=1S/C23H26F2N4O3/c1-13(30)22-16-4-7-26-11-19(16)28(27-22)12-21(32)29-17-9-15(17)10-18(29)20(31)8-14-2-5-23(24,25)6-3-14/h4,7,11,14-15,17-18H,2-3,5-6,8-10,12H2,1H3/t15-,17-,18+/m1/s1. The topological polar surface area (TPSA) is 85.2 Å². The lowest BCUT2D eigenvalue weighted by atomic mass is 9.82. The van der Waals surface area contributed by atoms with Crippen LogP contribution in [0.25, 0.3) is 10.9 Å². The smallest absolute Gasteiger partial charge is 0.248 e. The molecule has 2 aromatic heterocycles. The number of piperidine rings is 1. The summed E-state index contributed by atoms with van der Waals surface area (Å²) in [4.78, 5) is 44.1. The number of Topliss-reactive ketones (excluding diaryl/α,β-unsaturated/α-hetero) is 2. The summed E-state index contributed by atoms with van der Waals surface area (Å²) in [5.41, 5.74) is 0.895. The Hall–Kier alpha value is -2.71. The molecular formula is C23H26F2N4O3. The first-order valence-electron chi connectivity index (χ1n) is 11.3. The molecule has 0 aromatic carbocycles. The summed E-state index contributed by atoms with van der Waals surface area (Å²) in [6.07, 6.45) is 5.33. The van der Waals surface area contributed by atoms with Gasteiger partial charge in [-0.3, -0.25) is 24.0 Å². The summed E-state index contributed by atoms with van der Waals surface area (Å²) in [6, 6.07) is 1.28. The van der Waals surface area contributed by atoms with E-state index in [1.54, 1.807) is 23.4 Å². The van der Waals surface area contributed by atoms with Crippen LogP contribution in [0.2, 0.25) is 0 Å². The molecular weight excluding hydrogens is 418 g/mol. The first kappa shape index (κ1) is 21.2. The molecule has 1 aliphatic heterocycles. The lowest BCUT2D eigenvalue weighted by Crippen LogP contribution is -2.45. The van der Waals surface area contributed by atoms with Crippen molar-refractivity contribution in [3.63, 3.8) is 0 Å². The predicted molar refractivity (Wildman–Crippen MR) is 111 cm³/mol. The highest BCUT2D eigenvalue weighted by Crippen LogP contribution is 2.49. The molecule has 7 nitrogen and oxygen atoms in total. The van der Waals surface area contributed by atoms with Gasteiger partial charge in [-0.05, 0) is 43.6 Å². The van der Waals surface area contributed by atoms with Crippen molar-refractivity contribution in [2.45, 2.75) is 76.4 Å². The predicted octanol–water partition coefficient (Wildman–Crippen LogP) is 3.41. The summed E-state index contributed by atoms with van der Waals surface area (Å²) in [5.74, 6) is -2.72. The van der Waals surface area contributed by atoms with Crippen LogP contribution in [0.1, 0.15) is 62.4 Å². The summed E-state index contributed by atoms with van der Waals surface area (Å²) < 4.78 is 28.4. The molecule has 2 saturated carbocycles. The number of hydrogen-bond acceptors (Lipinski definition) is 5. The van der Waals surface area contributed by atoms with Gasteiger partial charge >= 0.3 is 0 Å². The maximum Gasteiger partial charge on any atom is 0.248 e. The van der Waals surface area contributed by atoms with Crippen molar-refractivity contribution in [2.75, 3.05) is 0 Å². The average molecular weight is 444 g/mol. The second-order valence-electron chi connectivity index (χ2n) is 9.54. The Morgan fingerprint density at radius 2 is 1.94 bits per heavy atom. The molecule has 3 fully saturated rings. The van der Waals surface area contributed by atoms with Crippen LogP contribution >= 0.6 is 0 Å². The largest absolute Gasteiger partial charge is 0.328 e. The molecule has 1 saturated heterocycles. The highest BCUT2D eigenvalue weighted by Gasteiger charge is 2.55. The first-order chi connectivity index (χ1) is 15.2. The lowest BCUT2D eigenvalue weighted by Gasteiger charge is -2.31. The van der Waals surface area contributed by atoms with Gasteiger partial charge in [-0.25, -0.2) is 8.78 Å². The Kier molecular flexibility index (Phi) is 5.09. The third-order valence-electron chi connectivity index (χ3n) is 7.26. The van der Waals surface area contributed by atoms with Gasteiger partial charge in [0.15, 0.2) is 11.6 Å². The van der Waals surface area contributed by atoms with Gasteiger partial charge in [-0.1, -0.05) is 0 Å². The van der Waals surface area contributed by atoms with Gasteiger partial charge in [0.05, 0.1) is 17.8 Å². The van der Waals surface area contributed by atoms with Gasteiger partial charge in [0.1, 0.15) is 12.2 Å². The van der Waals surface area contributed by atoms with Gasteiger partial charge in [0, 0.05) is 43.8 Å². The van der Waals surface area contributed by atoms with E-state index in [1.165, 1.54) is 11.6 Å². The van der Waals surface area contributed by atoms with Crippen LogP contribution in [0.3, 0.4) is 0 Å². The Morgan fingerprint density at radius 3 is 2.66 bits per heavy atom. The quantitative estimate of drug-likeness (QED) is 0.638. The summed E-state index contributed by atoms with van der Waals surface area (Å²) in [7, 11) is 0. The zero-order chi connectivity index (χ0) is 22.6. The summed E-state index contributed by atoms with van der Waals surface area (Å²) in [6.45, 7) is 1.36. The summed E-state index contributed by atoms with van der Waals surface area (Å²) in [5, 5.41) is 4.99. The van der Waals surface area contributed by atoms with Gasteiger partial charge in [0.25, 0.3) is 0 Å². The molecule has 0 spiro atoms. The van der Waals surface area contributed by atoms with E-state index in [-0.39, 0.29) is 55.2 Å². The molecule has 170 valence electrons. The number of pyridine rings is 1. The third-order valence-corrected chi connectivity index (χ3v) is 7.26. The Bertz CT molecular complexity index is 1090. The van der Waals surface area contributed by atoms with E-state index >= 15 is 0 Å². The molecule has 0 N–H and O–H groups in total. The number of ketones is 2. The average Bonchev–Trinajstić information content (AvgIpc) is 3.25. The number of halogens is 2. The molecule has 9 heteroatoms. The van der Waals surface area contributed by atoms with Crippen molar-refractivity contribution in [2.24, 2.45) is 11.8 Å². The van der Waals surface area contributed by atoms with Crippen LogP contribution in [0.4, 0.5) is 8.78 Å². The number of nitrogens with zero attached hydrogens (tertiary/aromatic N) is 4. The number of rotatable bonds is 6. The van der Waals surface area contributed by atoms with E-state index in [9.17, 15) is 23.2 Å². The van der Waals surface area contributed by atoms with E-state index in [4.69, 9.17) is 0 Å². The lowest BCUT2D eigenvalue weighted by molar-refractivity contribution is -0.140. The number of amides is 1. The van der Waals surface area contributed by atoms with Crippen LogP contribution in [0, 0.1) is 11.8 Å². The Morgan fingerprint density at radius 1 is 1.19 bits per heavy atom. The molecule has 5 rings (SSSR count). The van der Waals surface area contributed by atoms with Crippen LogP contribution < -0.4 is 0 Å². The minimum absolute atomic E-state index is 0.0165. The molecule has 2 aromatic rings. The fraction of sp³-hybridized carbons (Fsp3) is 0.609. The van der Waals surface area contributed by atoms with Crippen molar-refractivity contribution >= 4 is 28.4 Å². The SMILES string of the molecule is CC(=O)c1nn(CC(=O)N2[C@@H]3C[C@@H]3C[C@H]2C(=O)CC2CCC(F)(F)CC2)c2cnccc12. The zero-order valence-corrected chi connectivity index (χ0v) is 18.0. The van der Waals surface area contributed by atoms with Gasteiger partial charge < -0.3 is 4.90 Å². The molecule has 0 unspecified atom stereocenters. The molecule has 0 radical (unpaired) electrons. The maximum absolute atomic E-state index is 13.4. The van der Waals surface area contributed by atoms with Crippen molar-refractivity contribution in [3.05, 3.63) is 24.2 Å². The van der Waals surface area contributed by atoms with E-state index < -0.39 is 12.0 Å². The monoisotopic (exact) mass is 444 g/mol. The highest BCUT2D eigenvalue weighted by molar-refractivity contribution is 6.04. The Labute approximate surface area is 184 Å². The maximum atomic E-state index is 13.4. The molecule has 0 bridgehead atoms. The highest BCUT2D eigenvalue weighted by atomic mass is 19.3. The second-order valence-corrected chi connectivity index (χ2v) is 9.54. The van der Waals surface area contributed by atoms with E-state index in [0.717, 1.165) is 6.42 Å². The fourth-order valence-corrected chi connectivity index (χ4v) is 5.44. The number of fused-ring (bicyclic) bond motifs is 2. The van der Waals surface area contributed by atoms with Gasteiger partial charge in [-0.15, -0.1) is 0 Å². The molecule has 1 amide bonds. The number of carbonyl (C=O) groups excluding carboxylic acids is 3. The van der Waals surface area contributed by atoms with Crippen LogP contribution in [0.5, 0.6) is 0 Å². The third kappa shape index (κ3) is 3.82. The first-order valence-corrected chi connectivity index (χ1v) is 11.3. The van der Waals surface area contributed by atoms with Gasteiger partial charge in [0.2, 0.25) is 11.8 Å². The normalized spacial score (nSPS) is 26.8. The minimum Gasteiger partial charge on any atom is -0.328 e. The van der Waals surface area contributed by atoms with Gasteiger partial charge in [-0.2, -0.15) is 5.10 Å². The second kappa shape index (κ2) is 7.71. The van der Waals surface area contributed by atoms with Crippen molar-refractivity contribution in [1.82, 2.24) is 19.7 Å². The van der Waals surface area contributed by atoms with E-state index in [0.29, 0.717) is 41.8 Å². The molecule has 3 aliphatic rings. The number of alkyl halides is 2. The van der Waals surface area contributed by atoms with Crippen molar-refractivity contribution in [1.29, 1.82) is 0 Å². The zero-order valence-electron chi connectivity index (χ0n) is 18.0. The molecule has 3 atom stereocenters. The van der Waals surface area contributed by atoms with Crippen LogP contribution in [0.15, 0.2) is 18.5 Å². The minimum atomic E-state index is -2.61. The number of aromatic nitrogens is 3. The molecule has 2 aliphatic carbocycles.